The predicted molar refractivity (Wildman–Crippen MR) is 43.6 cm³/mol. The summed E-state index contributed by atoms with van der Waals surface area (Å²) in [6, 6.07) is 3.55. The minimum atomic E-state index is -3.64. The summed E-state index contributed by atoms with van der Waals surface area (Å²) >= 11 is 2.82. The number of hydrogen-bond acceptors (Lipinski definition) is 1. The highest BCUT2D eigenvalue weighted by atomic mass is 79.9. The van der Waals surface area contributed by atoms with E-state index in [9.17, 15) is 13.2 Å². The highest BCUT2D eigenvalue weighted by Crippen LogP contribution is 2.29. The maximum atomic E-state index is 12.8. The van der Waals surface area contributed by atoms with Crippen molar-refractivity contribution >= 4 is 15.9 Å². The first-order chi connectivity index (χ1) is 5.97. The number of halogens is 4. The molecule has 0 amide bonds. The molecule has 0 atom stereocenters. The summed E-state index contributed by atoms with van der Waals surface area (Å²) in [6.45, 7) is 0. The Hall–Kier alpha value is -1.02. The van der Waals surface area contributed by atoms with Crippen LogP contribution in [0.1, 0.15) is 5.56 Å². The third-order valence-electron chi connectivity index (χ3n) is 1.42. The van der Waals surface area contributed by atoms with Crippen LogP contribution in [0, 0.1) is 17.1 Å². The Bertz CT molecular complexity index is 370. The van der Waals surface area contributed by atoms with Gasteiger partial charge >= 0.3 is 5.92 Å². The molecule has 0 bridgehead atoms. The fourth-order valence-corrected chi connectivity index (χ4v) is 1.00. The van der Waals surface area contributed by atoms with Crippen LogP contribution in [0.3, 0.4) is 0 Å². The molecule has 0 saturated heterocycles. The van der Waals surface area contributed by atoms with Gasteiger partial charge in [-0.2, -0.15) is 14.0 Å². The number of nitriles is 1. The fraction of sp³-hybridized carbons (Fsp3) is 0.125. The maximum Gasteiger partial charge on any atom is 0.357 e. The minimum absolute atomic E-state index is 0.0880. The average molecular weight is 250 g/mol. The number of hydrogen-bond donors (Lipinski definition) is 0. The van der Waals surface area contributed by atoms with Gasteiger partial charge in [-0.3, -0.25) is 0 Å². The van der Waals surface area contributed by atoms with Crippen LogP contribution in [0.4, 0.5) is 13.2 Å². The SMILES string of the molecule is N#CC(F)(F)c1ccc(Br)c(F)c1. The molecule has 0 heterocycles. The van der Waals surface area contributed by atoms with Gasteiger partial charge in [-0.05, 0) is 28.1 Å². The standard InChI is InChI=1S/C8H3BrF3N/c9-6-2-1-5(3-7(6)10)8(11,12)4-13/h1-3H. The van der Waals surface area contributed by atoms with Crippen molar-refractivity contribution in [2.75, 3.05) is 0 Å². The third kappa shape index (κ3) is 2.01. The molecule has 68 valence electrons. The zero-order valence-corrected chi connectivity index (χ0v) is 7.78. The lowest BCUT2D eigenvalue weighted by atomic mass is 10.1. The van der Waals surface area contributed by atoms with E-state index in [1.54, 1.807) is 0 Å². The van der Waals surface area contributed by atoms with Crippen LogP contribution in [-0.4, -0.2) is 0 Å². The highest BCUT2D eigenvalue weighted by Gasteiger charge is 2.31. The Morgan fingerprint density at radius 1 is 1.38 bits per heavy atom. The summed E-state index contributed by atoms with van der Waals surface area (Å²) in [6.07, 6.45) is 0. The van der Waals surface area contributed by atoms with Gasteiger partial charge in [0, 0.05) is 5.56 Å². The second kappa shape index (κ2) is 3.38. The van der Waals surface area contributed by atoms with Crippen molar-refractivity contribution in [3.63, 3.8) is 0 Å². The zero-order chi connectivity index (χ0) is 10.1. The molecular weight excluding hydrogens is 247 g/mol. The van der Waals surface area contributed by atoms with Crippen molar-refractivity contribution < 1.29 is 13.2 Å². The monoisotopic (exact) mass is 249 g/mol. The summed E-state index contributed by atoms with van der Waals surface area (Å²) in [4.78, 5) is 0. The second-order valence-electron chi connectivity index (χ2n) is 2.32. The zero-order valence-electron chi connectivity index (χ0n) is 6.19. The minimum Gasteiger partial charge on any atom is -0.206 e. The Balaban J connectivity index is 3.20. The third-order valence-corrected chi connectivity index (χ3v) is 2.07. The van der Waals surface area contributed by atoms with Crippen molar-refractivity contribution in [3.8, 4) is 6.07 Å². The molecule has 1 rings (SSSR count). The molecule has 0 aliphatic rings. The molecule has 1 nitrogen and oxygen atoms in total. The van der Waals surface area contributed by atoms with Crippen LogP contribution in [-0.2, 0) is 5.92 Å². The lowest BCUT2D eigenvalue weighted by Gasteiger charge is -2.07. The summed E-state index contributed by atoms with van der Waals surface area (Å²) in [5, 5.41) is 8.07. The van der Waals surface area contributed by atoms with Crippen LogP contribution in [0.15, 0.2) is 22.7 Å². The molecule has 0 aliphatic carbocycles. The van der Waals surface area contributed by atoms with E-state index in [4.69, 9.17) is 5.26 Å². The highest BCUT2D eigenvalue weighted by molar-refractivity contribution is 9.10. The van der Waals surface area contributed by atoms with Gasteiger partial charge in [-0.15, -0.1) is 0 Å². The largest absolute Gasteiger partial charge is 0.357 e. The lowest BCUT2D eigenvalue weighted by molar-refractivity contribution is 0.0609. The van der Waals surface area contributed by atoms with E-state index in [0.717, 1.165) is 18.2 Å². The Kier molecular flexibility index (Phi) is 2.62. The second-order valence-corrected chi connectivity index (χ2v) is 3.17. The topological polar surface area (TPSA) is 23.8 Å². The first-order valence-electron chi connectivity index (χ1n) is 3.22. The molecule has 13 heavy (non-hydrogen) atoms. The molecule has 0 aliphatic heterocycles. The molecule has 1 aromatic rings. The molecule has 0 fully saturated rings. The van der Waals surface area contributed by atoms with Crippen molar-refractivity contribution in [1.82, 2.24) is 0 Å². The lowest BCUT2D eigenvalue weighted by Crippen LogP contribution is -2.09. The van der Waals surface area contributed by atoms with Gasteiger partial charge < -0.3 is 0 Å². The number of nitrogens with zero attached hydrogens (tertiary/aromatic N) is 1. The Morgan fingerprint density at radius 3 is 2.46 bits per heavy atom. The van der Waals surface area contributed by atoms with Crippen molar-refractivity contribution in [3.05, 3.63) is 34.1 Å². The summed E-state index contributed by atoms with van der Waals surface area (Å²) in [7, 11) is 0. The molecular formula is C8H3BrF3N. The maximum absolute atomic E-state index is 12.8. The molecule has 0 saturated carbocycles. The van der Waals surface area contributed by atoms with E-state index in [1.807, 2.05) is 0 Å². The summed E-state index contributed by atoms with van der Waals surface area (Å²) < 4.78 is 38.2. The molecule has 0 aromatic heterocycles. The van der Waals surface area contributed by atoms with Crippen LogP contribution < -0.4 is 0 Å². The molecule has 0 unspecified atom stereocenters. The average Bonchev–Trinajstić information content (AvgIpc) is 2.09. The van der Waals surface area contributed by atoms with Crippen LogP contribution in [0.25, 0.3) is 0 Å². The van der Waals surface area contributed by atoms with E-state index in [2.05, 4.69) is 15.9 Å². The van der Waals surface area contributed by atoms with Gasteiger partial charge in [0.15, 0.2) is 0 Å². The van der Waals surface area contributed by atoms with Gasteiger partial charge in [0.1, 0.15) is 11.9 Å². The van der Waals surface area contributed by atoms with Crippen LogP contribution in [0.5, 0.6) is 0 Å². The Labute approximate surface area is 80.9 Å². The van der Waals surface area contributed by atoms with Gasteiger partial charge in [0.05, 0.1) is 4.47 Å². The normalized spacial score (nSPS) is 11.0. The van der Waals surface area contributed by atoms with Gasteiger partial charge in [-0.1, -0.05) is 6.07 Å². The summed E-state index contributed by atoms with van der Waals surface area (Å²) in [5.74, 6) is -4.45. The molecule has 0 spiro atoms. The molecule has 0 N–H and O–H groups in total. The van der Waals surface area contributed by atoms with E-state index < -0.39 is 17.3 Å². The molecule has 1 aromatic carbocycles. The van der Waals surface area contributed by atoms with Gasteiger partial charge in [-0.25, -0.2) is 4.39 Å². The quantitative estimate of drug-likeness (QED) is 0.750. The Morgan fingerprint density at radius 2 is 2.00 bits per heavy atom. The van der Waals surface area contributed by atoms with E-state index >= 15 is 0 Å². The van der Waals surface area contributed by atoms with Crippen LogP contribution >= 0.6 is 15.9 Å². The first-order valence-corrected chi connectivity index (χ1v) is 4.01. The molecule has 0 radical (unpaired) electrons. The fourth-order valence-electron chi connectivity index (χ4n) is 0.756. The predicted octanol–water partition coefficient (Wildman–Crippen LogP) is 3.20. The van der Waals surface area contributed by atoms with E-state index in [0.29, 0.717) is 6.07 Å². The first kappa shape index (κ1) is 10.1. The van der Waals surface area contributed by atoms with Gasteiger partial charge in [0.2, 0.25) is 0 Å². The van der Waals surface area contributed by atoms with Crippen molar-refractivity contribution in [2.45, 2.75) is 5.92 Å². The number of rotatable bonds is 1. The van der Waals surface area contributed by atoms with E-state index in [-0.39, 0.29) is 4.47 Å². The smallest absolute Gasteiger partial charge is 0.206 e. The van der Waals surface area contributed by atoms with Crippen molar-refractivity contribution in [1.29, 1.82) is 5.26 Å². The van der Waals surface area contributed by atoms with Gasteiger partial charge in [0.25, 0.3) is 0 Å². The van der Waals surface area contributed by atoms with Crippen LogP contribution in [0.2, 0.25) is 0 Å². The number of benzene rings is 1. The van der Waals surface area contributed by atoms with E-state index in [1.165, 1.54) is 0 Å². The molecule has 5 heteroatoms. The van der Waals surface area contributed by atoms with Crippen molar-refractivity contribution in [2.24, 2.45) is 0 Å². The number of alkyl halides is 2. The summed E-state index contributed by atoms with van der Waals surface area (Å²) in [5.41, 5.74) is -0.643.